The predicted octanol–water partition coefficient (Wildman–Crippen LogP) is 4.43. The molecular weight excluding hydrogens is 394 g/mol. The molecule has 1 aromatic heterocycles. The van der Waals surface area contributed by atoms with E-state index in [2.05, 4.69) is 10.6 Å². The average molecular weight is 415 g/mol. The number of hydrogen-bond donors (Lipinski definition) is 4. The van der Waals surface area contributed by atoms with Gasteiger partial charge in [0.2, 0.25) is 5.91 Å². The van der Waals surface area contributed by atoms with Crippen LogP contribution in [0.2, 0.25) is 0 Å². The first-order chi connectivity index (χ1) is 15.0. The van der Waals surface area contributed by atoms with Crippen LogP contribution in [0.1, 0.15) is 18.4 Å². The Hall–Kier alpha value is -3.97. The van der Waals surface area contributed by atoms with E-state index in [-0.39, 0.29) is 19.4 Å². The lowest BCUT2D eigenvalue weighted by Gasteiger charge is -2.15. The zero-order valence-electron chi connectivity index (χ0n) is 16.6. The summed E-state index contributed by atoms with van der Waals surface area (Å²) >= 11 is 0. The molecule has 1 heterocycles. The summed E-state index contributed by atoms with van der Waals surface area (Å²) in [6.07, 6.45) is -0.368. The van der Waals surface area contributed by atoms with E-state index >= 15 is 0 Å². The normalized spacial score (nSPS) is 10.9. The number of carboxylic acid groups (broad SMARTS) is 1. The van der Waals surface area contributed by atoms with E-state index in [4.69, 9.17) is 10.1 Å². The molecule has 0 saturated heterocycles. The number of hydrogen-bond acceptors (Lipinski definition) is 5. The molecule has 3 aromatic carbocycles. The van der Waals surface area contributed by atoms with Gasteiger partial charge in [0.25, 0.3) is 0 Å². The fraction of sp³-hybridized carbons (Fsp3) is 0.125. The van der Waals surface area contributed by atoms with Crippen molar-refractivity contribution in [2.24, 2.45) is 0 Å². The second-order valence-corrected chi connectivity index (χ2v) is 7.16. The van der Waals surface area contributed by atoms with Crippen molar-refractivity contribution in [3.05, 3.63) is 72.3 Å². The topological polar surface area (TPSA) is 112 Å². The van der Waals surface area contributed by atoms with E-state index in [0.717, 1.165) is 27.5 Å². The summed E-state index contributed by atoms with van der Waals surface area (Å²) in [5, 5.41) is 26.5. The molecule has 0 bridgehead atoms. The maximum Gasteiger partial charge on any atom is 0.303 e. The van der Waals surface area contributed by atoms with Crippen LogP contribution in [0.5, 0.6) is 0 Å². The average Bonchev–Trinajstić information content (AvgIpc) is 2.77. The number of benzene rings is 3. The van der Waals surface area contributed by atoms with Crippen LogP contribution in [0.4, 0.5) is 17.1 Å². The maximum atomic E-state index is 12.1. The van der Waals surface area contributed by atoms with Crippen LogP contribution in [0.3, 0.4) is 0 Å². The van der Waals surface area contributed by atoms with Gasteiger partial charge in [-0.15, -0.1) is 0 Å². The number of carbonyl (C=O) groups excluding carboxylic acids is 1. The minimum atomic E-state index is -1.03. The molecule has 0 unspecified atom stereocenters. The third-order valence-corrected chi connectivity index (χ3v) is 4.88. The first-order valence-electron chi connectivity index (χ1n) is 9.84. The summed E-state index contributed by atoms with van der Waals surface area (Å²) < 4.78 is 0. The molecule has 0 aliphatic rings. The van der Waals surface area contributed by atoms with Gasteiger partial charge in [-0.05, 0) is 35.9 Å². The summed E-state index contributed by atoms with van der Waals surface area (Å²) in [5.74, 6) is -1.43. The lowest BCUT2D eigenvalue weighted by molar-refractivity contribution is -0.138. The predicted molar refractivity (Wildman–Crippen MR) is 120 cm³/mol. The number of carbonyl (C=O) groups is 2. The molecule has 7 nitrogen and oxygen atoms in total. The van der Waals surface area contributed by atoms with Crippen molar-refractivity contribution in [1.82, 2.24) is 4.98 Å². The second-order valence-electron chi connectivity index (χ2n) is 7.16. The Morgan fingerprint density at radius 2 is 1.45 bits per heavy atom. The summed E-state index contributed by atoms with van der Waals surface area (Å²) in [6.45, 7) is -0.203. The lowest BCUT2D eigenvalue weighted by atomic mass is 10.1. The van der Waals surface area contributed by atoms with Gasteiger partial charge in [0, 0.05) is 28.6 Å². The number of aromatic nitrogens is 1. The Labute approximate surface area is 178 Å². The molecule has 4 rings (SSSR count). The van der Waals surface area contributed by atoms with E-state index in [1.54, 1.807) is 18.2 Å². The van der Waals surface area contributed by atoms with Crippen LogP contribution in [0, 0.1) is 0 Å². The van der Waals surface area contributed by atoms with E-state index in [9.17, 15) is 14.7 Å². The third-order valence-electron chi connectivity index (χ3n) is 4.88. The zero-order valence-corrected chi connectivity index (χ0v) is 16.6. The van der Waals surface area contributed by atoms with Crippen molar-refractivity contribution in [2.45, 2.75) is 19.4 Å². The Balaban J connectivity index is 1.73. The molecular formula is C24H21N3O4. The Morgan fingerprint density at radius 1 is 0.839 bits per heavy atom. The van der Waals surface area contributed by atoms with Gasteiger partial charge in [-0.3, -0.25) is 9.59 Å². The van der Waals surface area contributed by atoms with Crippen LogP contribution < -0.4 is 10.6 Å². The molecule has 156 valence electrons. The van der Waals surface area contributed by atoms with Crippen molar-refractivity contribution < 1.29 is 19.8 Å². The number of anilines is 3. The number of pyridine rings is 1. The van der Waals surface area contributed by atoms with E-state index in [0.29, 0.717) is 16.9 Å². The molecule has 4 N–H and O–H groups in total. The first kappa shape index (κ1) is 20.3. The van der Waals surface area contributed by atoms with Crippen molar-refractivity contribution in [2.75, 3.05) is 10.6 Å². The molecule has 7 heteroatoms. The minimum Gasteiger partial charge on any atom is -0.481 e. The highest BCUT2D eigenvalue weighted by Crippen LogP contribution is 2.34. The molecule has 0 fully saturated rings. The second kappa shape index (κ2) is 8.81. The maximum absolute atomic E-state index is 12.1. The monoisotopic (exact) mass is 415 g/mol. The molecule has 0 aliphatic heterocycles. The zero-order chi connectivity index (χ0) is 21.8. The van der Waals surface area contributed by atoms with Crippen molar-refractivity contribution in [3.8, 4) is 0 Å². The number of nitrogens with zero attached hydrogens (tertiary/aromatic N) is 1. The largest absolute Gasteiger partial charge is 0.481 e. The highest BCUT2D eigenvalue weighted by Gasteiger charge is 2.11. The number of fused-ring (bicyclic) bond motifs is 2. The highest BCUT2D eigenvalue weighted by molar-refractivity contribution is 6.08. The molecule has 1 amide bonds. The van der Waals surface area contributed by atoms with Crippen molar-refractivity contribution in [3.63, 3.8) is 0 Å². The van der Waals surface area contributed by atoms with Gasteiger partial charge in [0.1, 0.15) is 0 Å². The van der Waals surface area contributed by atoms with Crippen LogP contribution >= 0.6 is 0 Å². The summed E-state index contributed by atoms with van der Waals surface area (Å²) in [7, 11) is 0. The Bertz CT molecular complexity index is 1230. The highest BCUT2D eigenvalue weighted by atomic mass is 16.4. The number of rotatable bonds is 7. The number of amides is 1. The molecule has 0 radical (unpaired) electrons. The number of carboxylic acids is 1. The van der Waals surface area contributed by atoms with Gasteiger partial charge in [-0.25, -0.2) is 4.98 Å². The van der Waals surface area contributed by atoms with E-state index < -0.39 is 11.9 Å². The minimum absolute atomic E-state index is 0.124. The van der Waals surface area contributed by atoms with Crippen molar-refractivity contribution in [1.29, 1.82) is 0 Å². The van der Waals surface area contributed by atoms with Gasteiger partial charge >= 0.3 is 5.97 Å². The fourth-order valence-corrected chi connectivity index (χ4v) is 3.49. The molecule has 4 aromatic rings. The molecule has 31 heavy (non-hydrogen) atoms. The van der Waals surface area contributed by atoms with Crippen LogP contribution in [-0.4, -0.2) is 27.1 Å². The lowest BCUT2D eigenvalue weighted by Crippen LogP contribution is -2.13. The fourth-order valence-electron chi connectivity index (χ4n) is 3.49. The van der Waals surface area contributed by atoms with E-state index in [1.807, 2.05) is 48.5 Å². The molecule has 0 aliphatic carbocycles. The van der Waals surface area contributed by atoms with Gasteiger partial charge in [0.15, 0.2) is 0 Å². The van der Waals surface area contributed by atoms with Crippen LogP contribution in [-0.2, 0) is 16.2 Å². The van der Waals surface area contributed by atoms with Gasteiger partial charge in [-0.1, -0.05) is 36.4 Å². The number of aliphatic hydroxyl groups is 1. The number of aliphatic carboxylic acids is 1. The molecule has 0 saturated carbocycles. The SMILES string of the molecule is O=C(O)CCC(=O)Nc1cc(CO)cc(Nc2c3ccccc3nc3ccccc23)c1. The van der Waals surface area contributed by atoms with Gasteiger partial charge < -0.3 is 20.8 Å². The number of aliphatic hydroxyl groups excluding tert-OH is 1. The van der Waals surface area contributed by atoms with Crippen LogP contribution in [0.25, 0.3) is 21.8 Å². The summed E-state index contributed by atoms with van der Waals surface area (Å²) in [5.41, 5.74) is 4.35. The first-order valence-corrected chi connectivity index (χ1v) is 9.84. The quantitative estimate of drug-likeness (QED) is 0.332. The Kier molecular flexibility index (Phi) is 5.77. The summed E-state index contributed by atoms with van der Waals surface area (Å²) in [6, 6.07) is 20.9. The van der Waals surface area contributed by atoms with E-state index in [1.165, 1.54) is 0 Å². The standard InChI is InChI=1S/C24H21N3O4/c28-14-15-11-16(25-22(29)9-10-23(30)31)13-17(12-15)26-24-18-5-1-3-7-20(18)27-21-8-4-2-6-19(21)24/h1-8,11-13,28H,9-10,14H2,(H,25,29)(H,26,27)(H,30,31). The number of nitrogens with one attached hydrogen (secondary N) is 2. The van der Waals surface area contributed by atoms with Gasteiger partial charge in [-0.2, -0.15) is 0 Å². The molecule has 0 spiro atoms. The van der Waals surface area contributed by atoms with Gasteiger partial charge in [0.05, 0.1) is 29.7 Å². The smallest absolute Gasteiger partial charge is 0.303 e. The Morgan fingerprint density at radius 3 is 2.06 bits per heavy atom. The van der Waals surface area contributed by atoms with Crippen LogP contribution in [0.15, 0.2) is 66.7 Å². The van der Waals surface area contributed by atoms with Crippen molar-refractivity contribution >= 4 is 50.7 Å². The molecule has 0 atom stereocenters. The number of para-hydroxylation sites is 2. The summed E-state index contributed by atoms with van der Waals surface area (Å²) in [4.78, 5) is 27.5. The third kappa shape index (κ3) is 4.62.